The van der Waals surface area contributed by atoms with Crippen LogP contribution in [0.15, 0.2) is 36.9 Å². The predicted molar refractivity (Wildman–Crippen MR) is 131 cm³/mol. The number of carbonyl (C=O) groups is 1. The molecule has 0 aliphatic heterocycles. The topological polar surface area (TPSA) is 105 Å². The first kappa shape index (κ1) is 24.0. The molecule has 0 spiro atoms. The number of nitrogens with zero attached hydrogens (tertiary/aromatic N) is 6. The summed E-state index contributed by atoms with van der Waals surface area (Å²) in [6, 6.07) is 5.74. The van der Waals surface area contributed by atoms with Gasteiger partial charge in [0.1, 0.15) is 10.6 Å². The number of hydrogen-bond acceptors (Lipinski definition) is 8. The molecular weight excluding hydrogens is 472 g/mol. The lowest BCUT2D eigenvalue weighted by molar-refractivity contribution is 0.0557. The van der Waals surface area contributed by atoms with Gasteiger partial charge in [-0.3, -0.25) is 4.98 Å². The van der Waals surface area contributed by atoms with Crippen LogP contribution in [0.2, 0.25) is 5.02 Å². The Morgan fingerprint density at radius 3 is 2.56 bits per heavy atom. The molecule has 0 radical (unpaired) electrons. The van der Waals surface area contributed by atoms with Crippen molar-refractivity contribution in [2.75, 3.05) is 11.4 Å². The van der Waals surface area contributed by atoms with Crippen LogP contribution in [0.3, 0.4) is 0 Å². The lowest BCUT2D eigenvalue weighted by Crippen LogP contribution is -2.50. The van der Waals surface area contributed by atoms with E-state index >= 15 is 0 Å². The molecule has 1 aliphatic rings. The van der Waals surface area contributed by atoms with Crippen molar-refractivity contribution < 1.29 is 9.53 Å². The van der Waals surface area contributed by atoms with Gasteiger partial charge in [-0.2, -0.15) is 5.26 Å². The van der Waals surface area contributed by atoms with Crippen molar-refractivity contribution in [2.45, 2.75) is 57.5 Å². The average Bonchev–Trinajstić information content (AvgIpc) is 3.22. The first-order chi connectivity index (χ1) is 16.2. The number of aromatic nitrogens is 4. The standard InChI is InChI=1S/C24H25ClN6O2S/c1-23(2,3)33-22(32)31(15-24(8-5-9-24)19-18(25)6-4-11-27-19)21-29-12-16(13-30-21)20-28-14-17(34-20)7-10-26/h4,6,11-14H,5,7-9,15H2,1-3H3. The fraction of sp³-hybridized carbons (Fsp3) is 0.417. The van der Waals surface area contributed by atoms with Crippen molar-refractivity contribution >= 4 is 35.0 Å². The number of halogens is 1. The second kappa shape index (κ2) is 9.65. The van der Waals surface area contributed by atoms with Crippen LogP contribution in [0, 0.1) is 11.3 Å². The third-order valence-corrected chi connectivity index (χ3v) is 6.93. The highest BCUT2D eigenvalue weighted by Crippen LogP contribution is 2.46. The van der Waals surface area contributed by atoms with E-state index in [1.54, 1.807) is 30.9 Å². The summed E-state index contributed by atoms with van der Waals surface area (Å²) < 4.78 is 5.69. The Morgan fingerprint density at radius 1 is 1.24 bits per heavy atom. The van der Waals surface area contributed by atoms with E-state index in [0.29, 0.717) is 23.6 Å². The summed E-state index contributed by atoms with van der Waals surface area (Å²) in [5.41, 5.74) is 0.427. The molecule has 0 saturated heterocycles. The van der Waals surface area contributed by atoms with E-state index in [9.17, 15) is 4.79 Å². The second-order valence-electron chi connectivity index (χ2n) is 9.27. The molecule has 3 aromatic heterocycles. The zero-order valence-corrected chi connectivity index (χ0v) is 20.9. The zero-order chi connectivity index (χ0) is 24.3. The Kier molecular flexibility index (Phi) is 6.82. The molecule has 0 N–H and O–H groups in total. The smallest absolute Gasteiger partial charge is 0.417 e. The molecule has 34 heavy (non-hydrogen) atoms. The molecule has 0 aromatic carbocycles. The van der Waals surface area contributed by atoms with Crippen LogP contribution in [-0.2, 0) is 16.6 Å². The number of nitriles is 1. The lowest BCUT2D eigenvalue weighted by Gasteiger charge is -2.44. The monoisotopic (exact) mass is 496 g/mol. The maximum atomic E-state index is 13.3. The average molecular weight is 497 g/mol. The fourth-order valence-electron chi connectivity index (χ4n) is 3.86. The Balaban J connectivity index is 1.65. The summed E-state index contributed by atoms with van der Waals surface area (Å²) in [5.74, 6) is 0.241. The van der Waals surface area contributed by atoms with Gasteiger partial charge in [-0.25, -0.2) is 24.6 Å². The molecule has 10 heteroatoms. The number of carbonyl (C=O) groups excluding carboxylic acids is 1. The Hall–Kier alpha value is -3.09. The van der Waals surface area contributed by atoms with Gasteiger partial charge in [0.05, 0.1) is 23.2 Å². The summed E-state index contributed by atoms with van der Waals surface area (Å²) in [4.78, 5) is 33.5. The molecule has 0 unspecified atom stereocenters. The van der Waals surface area contributed by atoms with Crippen molar-refractivity contribution in [3.63, 3.8) is 0 Å². The first-order valence-corrected chi connectivity index (χ1v) is 12.2. The van der Waals surface area contributed by atoms with E-state index in [-0.39, 0.29) is 5.95 Å². The minimum atomic E-state index is -0.678. The number of anilines is 1. The predicted octanol–water partition coefficient (Wildman–Crippen LogP) is 5.58. The van der Waals surface area contributed by atoms with E-state index in [4.69, 9.17) is 21.6 Å². The molecule has 4 rings (SSSR count). The number of pyridine rings is 1. The van der Waals surface area contributed by atoms with Gasteiger partial charge in [0.25, 0.3) is 0 Å². The molecular formula is C24H25ClN6O2S. The summed E-state index contributed by atoms with van der Waals surface area (Å²) in [6.45, 7) is 5.77. The van der Waals surface area contributed by atoms with Crippen LogP contribution in [0.25, 0.3) is 10.6 Å². The Morgan fingerprint density at radius 2 is 1.97 bits per heavy atom. The van der Waals surface area contributed by atoms with Gasteiger partial charge < -0.3 is 4.74 Å². The highest BCUT2D eigenvalue weighted by atomic mass is 35.5. The van der Waals surface area contributed by atoms with E-state index in [2.05, 4.69) is 26.0 Å². The minimum absolute atomic E-state index is 0.241. The van der Waals surface area contributed by atoms with E-state index in [1.165, 1.54) is 16.2 Å². The molecule has 1 aliphatic carbocycles. The molecule has 1 fully saturated rings. The highest BCUT2D eigenvalue weighted by molar-refractivity contribution is 7.15. The summed E-state index contributed by atoms with van der Waals surface area (Å²) in [6.07, 6.45) is 9.17. The molecule has 3 aromatic rings. The number of rotatable bonds is 6. The van der Waals surface area contributed by atoms with Crippen LogP contribution in [-0.4, -0.2) is 38.2 Å². The fourth-order valence-corrected chi connectivity index (χ4v) is 5.00. The maximum absolute atomic E-state index is 13.3. The molecule has 0 atom stereocenters. The molecule has 8 nitrogen and oxygen atoms in total. The molecule has 0 bridgehead atoms. The quantitative estimate of drug-likeness (QED) is 0.438. The first-order valence-electron chi connectivity index (χ1n) is 11.0. The van der Waals surface area contributed by atoms with Crippen molar-refractivity contribution in [1.82, 2.24) is 19.9 Å². The Bertz CT molecular complexity index is 1210. The maximum Gasteiger partial charge on any atom is 0.417 e. The van der Waals surface area contributed by atoms with Gasteiger partial charge in [0.15, 0.2) is 0 Å². The van der Waals surface area contributed by atoms with Crippen LogP contribution < -0.4 is 4.90 Å². The van der Waals surface area contributed by atoms with Crippen molar-refractivity contribution in [3.8, 4) is 16.6 Å². The molecule has 3 heterocycles. The normalized spacial score (nSPS) is 14.7. The number of ether oxygens (including phenoxy) is 1. The van der Waals surface area contributed by atoms with Crippen LogP contribution in [0.1, 0.15) is 50.6 Å². The minimum Gasteiger partial charge on any atom is -0.443 e. The Labute approximate surface area is 207 Å². The van der Waals surface area contributed by atoms with Gasteiger partial charge in [-0.1, -0.05) is 18.0 Å². The summed E-state index contributed by atoms with van der Waals surface area (Å²) in [7, 11) is 0. The van der Waals surface area contributed by atoms with E-state index in [1.807, 2.05) is 26.8 Å². The lowest BCUT2D eigenvalue weighted by atomic mass is 9.66. The van der Waals surface area contributed by atoms with Crippen molar-refractivity contribution in [2.24, 2.45) is 0 Å². The van der Waals surface area contributed by atoms with Gasteiger partial charge >= 0.3 is 6.09 Å². The van der Waals surface area contributed by atoms with E-state index < -0.39 is 17.1 Å². The highest BCUT2D eigenvalue weighted by Gasteiger charge is 2.45. The third kappa shape index (κ3) is 5.18. The van der Waals surface area contributed by atoms with Gasteiger partial charge in [0, 0.05) is 47.2 Å². The van der Waals surface area contributed by atoms with E-state index in [0.717, 1.165) is 34.8 Å². The number of hydrogen-bond donors (Lipinski definition) is 0. The summed E-state index contributed by atoms with van der Waals surface area (Å²) in [5, 5.41) is 10.2. The van der Waals surface area contributed by atoms with Gasteiger partial charge in [-0.15, -0.1) is 11.3 Å². The van der Waals surface area contributed by atoms with Crippen LogP contribution in [0.4, 0.5) is 10.7 Å². The molecule has 1 saturated carbocycles. The molecule has 1 amide bonds. The second-order valence-corrected chi connectivity index (χ2v) is 10.8. The van der Waals surface area contributed by atoms with Crippen LogP contribution >= 0.6 is 22.9 Å². The van der Waals surface area contributed by atoms with Gasteiger partial charge in [0.2, 0.25) is 5.95 Å². The number of amides is 1. The molecule has 176 valence electrons. The SMILES string of the molecule is CC(C)(C)OC(=O)N(CC1(c2ncccc2Cl)CCC1)c1ncc(-c2ncc(CC#N)s2)cn1. The third-order valence-electron chi connectivity index (χ3n) is 5.58. The number of thiazole rings is 1. The summed E-state index contributed by atoms with van der Waals surface area (Å²) >= 11 is 7.91. The van der Waals surface area contributed by atoms with Crippen molar-refractivity contribution in [1.29, 1.82) is 5.26 Å². The zero-order valence-electron chi connectivity index (χ0n) is 19.3. The van der Waals surface area contributed by atoms with Gasteiger partial charge in [-0.05, 0) is 45.7 Å². The van der Waals surface area contributed by atoms with Crippen molar-refractivity contribution in [3.05, 3.63) is 52.5 Å². The largest absolute Gasteiger partial charge is 0.443 e. The van der Waals surface area contributed by atoms with Crippen LogP contribution in [0.5, 0.6) is 0 Å².